The average Bonchev–Trinajstić information content (AvgIpc) is 2.14. The van der Waals surface area contributed by atoms with Crippen LogP contribution in [0.3, 0.4) is 0 Å². The molecule has 1 aromatic heterocycles. The largest absolute Gasteiger partial charge is 0.478 e. The number of alkyl halides is 3. The summed E-state index contributed by atoms with van der Waals surface area (Å²) in [5.74, 6) is -3.48. The van der Waals surface area contributed by atoms with Gasteiger partial charge in [0.1, 0.15) is 5.82 Å². The molecule has 0 aliphatic carbocycles. The highest BCUT2D eigenvalue weighted by atomic mass is 19.4. The third-order valence-corrected chi connectivity index (χ3v) is 2.05. The van der Waals surface area contributed by atoms with E-state index in [-0.39, 0.29) is 0 Å². The Labute approximate surface area is 94.1 Å². The molecular weight excluding hydrogens is 242 g/mol. The van der Waals surface area contributed by atoms with Crippen molar-refractivity contribution in [3.63, 3.8) is 0 Å². The first-order valence-electron chi connectivity index (χ1n) is 4.65. The van der Waals surface area contributed by atoms with E-state index in [1.54, 1.807) is 0 Å². The van der Waals surface area contributed by atoms with E-state index in [0.29, 0.717) is 6.07 Å². The van der Waals surface area contributed by atoms with Crippen LogP contribution in [0.25, 0.3) is 0 Å². The highest BCUT2D eigenvalue weighted by Gasteiger charge is 2.38. The smallest absolute Gasteiger partial charge is 0.434 e. The molecule has 0 unspecified atom stereocenters. The minimum Gasteiger partial charge on any atom is -0.478 e. The minimum absolute atomic E-state index is 0.355. The Balaban J connectivity index is 3.54. The molecule has 3 nitrogen and oxygen atoms in total. The lowest BCUT2D eigenvalue weighted by molar-refractivity contribution is -0.141. The molecule has 0 amide bonds. The number of halogens is 4. The summed E-state index contributed by atoms with van der Waals surface area (Å²) in [4.78, 5) is 13.7. The third-order valence-electron chi connectivity index (χ3n) is 2.05. The second-order valence-electron chi connectivity index (χ2n) is 3.71. The van der Waals surface area contributed by atoms with E-state index in [2.05, 4.69) is 4.98 Å². The number of carbonyl (C=O) groups is 1. The maximum Gasteiger partial charge on any atom is 0.434 e. The minimum atomic E-state index is -4.93. The highest BCUT2D eigenvalue weighted by Crippen LogP contribution is 2.32. The highest BCUT2D eigenvalue weighted by molar-refractivity contribution is 5.89. The summed E-state index contributed by atoms with van der Waals surface area (Å²) in [5.41, 5.74) is -3.16. The molecule has 0 saturated heterocycles. The van der Waals surface area contributed by atoms with Gasteiger partial charge < -0.3 is 5.11 Å². The van der Waals surface area contributed by atoms with Crippen LogP contribution in [0.15, 0.2) is 6.07 Å². The van der Waals surface area contributed by atoms with Crippen molar-refractivity contribution < 1.29 is 27.5 Å². The second-order valence-corrected chi connectivity index (χ2v) is 3.71. The maximum absolute atomic E-state index is 13.3. The number of pyridine rings is 1. The van der Waals surface area contributed by atoms with Crippen molar-refractivity contribution in [2.45, 2.75) is 25.9 Å². The number of aromatic carboxylic acids is 1. The van der Waals surface area contributed by atoms with Gasteiger partial charge in [0, 0.05) is 0 Å². The molecule has 0 bridgehead atoms. The van der Waals surface area contributed by atoms with Crippen LogP contribution in [0.2, 0.25) is 0 Å². The van der Waals surface area contributed by atoms with E-state index in [9.17, 15) is 22.4 Å². The molecule has 7 heteroatoms. The van der Waals surface area contributed by atoms with E-state index in [1.165, 1.54) is 13.8 Å². The van der Waals surface area contributed by atoms with Gasteiger partial charge in [-0.15, -0.1) is 0 Å². The number of carboxylic acid groups (broad SMARTS) is 1. The van der Waals surface area contributed by atoms with Crippen LogP contribution in [-0.4, -0.2) is 16.1 Å². The van der Waals surface area contributed by atoms with Crippen LogP contribution in [0.1, 0.15) is 41.5 Å². The average molecular weight is 251 g/mol. The lowest BCUT2D eigenvalue weighted by Crippen LogP contribution is -2.18. The first kappa shape index (κ1) is 13.4. The zero-order valence-corrected chi connectivity index (χ0v) is 8.97. The molecule has 0 spiro atoms. The van der Waals surface area contributed by atoms with Gasteiger partial charge in [-0.3, -0.25) is 0 Å². The van der Waals surface area contributed by atoms with E-state index in [4.69, 9.17) is 5.11 Å². The van der Waals surface area contributed by atoms with Crippen molar-refractivity contribution in [1.82, 2.24) is 4.98 Å². The molecule has 0 aromatic carbocycles. The van der Waals surface area contributed by atoms with Crippen molar-refractivity contribution >= 4 is 5.97 Å². The zero-order chi connectivity index (χ0) is 13.4. The molecular formula is C10H9F4NO2. The van der Waals surface area contributed by atoms with Gasteiger partial charge in [-0.05, 0) is 12.0 Å². The summed E-state index contributed by atoms with van der Waals surface area (Å²) < 4.78 is 50.9. The molecule has 0 aliphatic rings. The molecule has 94 valence electrons. The number of hydrogen-bond acceptors (Lipinski definition) is 2. The van der Waals surface area contributed by atoms with Crippen LogP contribution in [0, 0.1) is 5.82 Å². The van der Waals surface area contributed by atoms with Crippen molar-refractivity contribution in [1.29, 1.82) is 0 Å². The Morgan fingerprint density at radius 2 is 1.94 bits per heavy atom. The molecule has 0 fully saturated rings. The van der Waals surface area contributed by atoms with E-state index in [1.807, 2.05) is 0 Å². The van der Waals surface area contributed by atoms with Gasteiger partial charge >= 0.3 is 12.1 Å². The van der Waals surface area contributed by atoms with Crippen molar-refractivity contribution in [2.24, 2.45) is 0 Å². The fourth-order valence-corrected chi connectivity index (χ4v) is 1.29. The molecule has 0 atom stereocenters. The number of rotatable bonds is 2. The SMILES string of the molecule is CC(C)c1nc(C(F)(F)F)c(C(=O)O)cc1F. The molecule has 1 aromatic rings. The van der Waals surface area contributed by atoms with Gasteiger partial charge in [-0.1, -0.05) is 13.8 Å². The first-order chi connectivity index (χ1) is 7.64. The molecule has 1 N–H and O–H groups in total. The Kier molecular flexibility index (Phi) is 3.40. The Bertz CT molecular complexity index is 454. The molecule has 1 heterocycles. The topological polar surface area (TPSA) is 50.2 Å². The summed E-state index contributed by atoms with van der Waals surface area (Å²) in [6, 6.07) is 0.355. The fraction of sp³-hybridized carbons (Fsp3) is 0.400. The van der Waals surface area contributed by atoms with Gasteiger partial charge in [0.15, 0.2) is 5.69 Å². The van der Waals surface area contributed by atoms with Crippen LogP contribution in [-0.2, 0) is 6.18 Å². The number of nitrogens with zero attached hydrogens (tertiary/aromatic N) is 1. The fourth-order valence-electron chi connectivity index (χ4n) is 1.29. The predicted molar refractivity (Wildman–Crippen MR) is 50.2 cm³/mol. The van der Waals surface area contributed by atoms with E-state index in [0.717, 1.165) is 0 Å². The Morgan fingerprint density at radius 3 is 2.29 bits per heavy atom. The van der Waals surface area contributed by atoms with E-state index >= 15 is 0 Å². The summed E-state index contributed by atoms with van der Waals surface area (Å²) >= 11 is 0. The third kappa shape index (κ3) is 2.72. The normalized spacial score (nSPS) is 11.9. The van der Waals surface area contributed by atoms with Crippen molar-refractivity contribution in [3.8, 4) is 0 Å². The van der Waals surface area contributed by atoms with Crippen molar-refractivity contribution in [2.75, 3.05) is 0 Å². The van der Waals surface area contributed by atoms with Crippen LogP contribution < -0.4 is 0 Å². The Hall–Kier alpha value is -1.66. The van der Waals surface area contributed by atoms with Gasteiger partial charge in [-0.2, -0.15) is 13.2 Å². The molecule has 17 heavy (non-hydrogen) atoms. The van der Waals surface area contributed by atoms with E-state index < -0.39 is 40.8 Å². The van der Waals surface area contributed by atoms with Crippen molar-refractivity contribution in [3.05, 3.63) is 28.8 Å². The number of aromatic nitrogens is 1. The zero-order valence-electron chi connectivity index (χ0n) is 8.97. The van der Waals surface area contributed by atoms with Crippen LogP contribution in [0.5, 0.6) is 0 Å². The summed E-state index contributed by atoms with van der Waals surface area (Å²) in [5, 5.41) is 8.58. The van der Waals surface area contributed by atoms with Gasteiger partial charge in [0.05, 0.1) is 11.3 Å². The molecule has 1 rings (SSSR count). The predicted octanol–water partition coefficient (Wildman–Crippen LogP) is 3.06. The van der Waals surface area contributed by atoms with Gasteiger partial charge in [-0.25, -0.2) is 14.2 Å². The summed E-state index contributed by atoms with van der Waals surface area (Å²) in [7, 11) is 0. The lowest BCUT2D eigenvalue weighted by Gasteiger charge is -2.13. The Morgan fingerprint density at radius 1 is 1.41 bits per heavy atom. The summed E-state index contributed by atoms with van der Waals surface area (Å²) in [6.07, 6.45) is -4.93. The second kappa shape index (κ2) is 4.31. The lowest BCUT2D eigenvalue weighted by atomic mass is 10.1. The molecule has 0 saturated carbocycles. The maximum atomic E-state index is 13.3. The standard InChI is InChI=1S/C10H9F4NO2/c1-4(2)7-6(11)3-5(9(16)17)8(15-7)10(12,13)14/h3-4H,1-2H3,(H,16,17). The first-order valence-corrected chi connectivity index (χ1v) is 4.65. The number of hydrogen-bond donors (Lipinski definition) is 1. The monoisotopic (exact) mass is 251 g/mol. The molecule has 0 aliphatic heterocycles. The quantitative estimate of drug-likeness (QED) is 0.822. The summed E-state index contributed by atoms with van der Waals surface area (Å²) in [6.45, 7) is 2.93. The van der Waals surface area contributed by atoms with Crippen LogP contribution >= 0.6 is 0 Å². The van der Waals surface area contributed by atoms with Gasteiger partial charge in [0.25, 0.3) is 0 Å². The van der Waals surface area contributed by atoms with Crippen LogP contribution in [0.4, 0.5) is 17.6 Å². The van der Waals surface area contributed by atoms with Gasteiger partial charge in [0.2, 0.25) is 0 Å². The molecule has 0 radical (unpaired) electrons. The number of carboxylic acids is 1.